The summed E-state index contributed by atoms with van der Waals surface area (Å²) in [4.78, 5) is 60.1. The summed E-state index contributed by atoms with van der Waals surface area (Å²) < 4.78 is 11.8. The Balaban J connectivity index is 1.39. The van der Waals surface area contributed by atoms with E-state index in [1.54, 1.807) is 32.6 Å². The van der Waals surface area contributed by atoms with Gasteiger partial charge in [-0.05, 0) is 58.9 Å². The van der Waals surface area contributed by atoms with Crippen LogP contribution < -0.4 is 15.4 Å². The summed E-state index contributed by atoms with van der Waals surface area (Å²) in [5.74, 6) is -0.792. The lowest BCUT2D eigenvalue weighted by molar-refractivity contribution is -0.150. The minimum Gasteiger partial charge on any atom is -0.493 e. The highest BCUT2D eigenvalue weighted by Crippen LogP contribution is 2.34. The van der Waals surface area contributed by atoms with Crippen LogP contribution in [0.5, 0.6) is 5.75 Å². The molecule has 3 fully saturated rings. The molecule has 3 heterocycles. The summed E-state index contributed by atoms with van der Waals surface area (Å²) in [5.41, 5.74) is 0.235. The molecule has 12 nitrogen and oxygen atoms in total. The van der Waals surface area contributed by atoms with E-state index in [0.717, 1.165) is 49.8 Å². The van der Waals surface area contributed by atoms with Crippen LogP contribution in [0, 0.1) is 11.8 Å². The van der Waals surface area contributed by atoms with E-state index in [1.165, 1.54) is 4.90 Å². The van der Waals surface area contributed by atoms with E-state index in [2.05, 4.69) is 15.5 Å². The van der Waals surface area contributed by atoms with E-state index >= 15 is 0 Å². The first kappa shape index (κ1) is 35.9. The number of carboxylic acid groups (broad SMARTS) is 1. The van der Waals surface area contributed by atoms with Gasteiger partial charge >= 0.3 is 6.09 Å². The number of nitrogens with one attached hydrogen (secondary N) is 2. The zero-order valence-corrected chi connectivity index (χ0v) is 29.3. The molecule has 0 aromatic heterocycles. The Hall–Kier alpha value is -3.38. The third-order valence-corrected chi connectivity index (χ3v) is 10.6. The number of amides is 4. The average Bonchev–Trinajstić information content (AvgIpc) is 3.46. The van der Waals surface area contributed by atoms with Crippen molar-refractivity contribution in [2.45, 2.75) is 115 Å². The monoisotopic (exact) mass is 669 g/mol. The first-order chi connectivity index (χ1) is 22.9. The van der Waals surface area contributed by atoms with E-state index in [1.807, 2.05) is 31.2 Å². The van der Waals surface area contributed by atoms with Crippen LogP contribution in [0.3, 0.4) is 0 Å². The van der Waals surface area contributed by atoms with Gasteiger partial charge < -0.3 is 35.0 Å². The van der Waals surface area contributed by atoms with Gasteiger partial charge in [-0.1, -0.05) is 44.4 Å². The third kappa shape index (κ3) is 8.25. The van der Waals surface area contributed by atoms with Gasteiger partial charge in [0.15, 0.2) is 0 Å². The van der Waals surface area contributed by atoms with Crippen LogP contribution in [0.25, 0.3) is 0 Å². The van der Waals surface area contributed by atoms with Crippen molar-refractivity contribution < 1.29 is 33.8 Å². The average molecular weight is 670 g/mol. The van der Waals surface area contributed by atoms with E-state index in [0.29, 0.717) is 39.3 Å². The summed E-state index contributed by atoms with van der Waals surface area (Å²) in [7, 11) is 0. The molecular weight excluding hydrogens is 614 g/mol. The molecule has 1 saturated carbocycles. The van der Waals surface area contributed by atoms with Crippen molar-refractivity contribution >= 4 is 23.8 Å². The van der Waals surface area contributed by atoms with Gasteiger partial charge in [0.1, 0.15) is 17.8 Å². The first-order valence-corrected chi connectivity index (χ1v) is 17.9. The van der Waals surface area contributed by atoms with Crippen molar-refractivity contribution in [3.63, 3.8) is 0 Å². The zero-order valence-electron chi connectivity index (χ0n) is 29.3. The summed E-state index contributed by atoms with van der Waals surface area (Å²) in [6.45, 7) is 11.6. The van der Waals surface area contributed by atoms with Crippen molar-refractivity contribution in [3.05, 3.63) is 29.8 Å². The van der Waals surface area contributed by atoms with Crippen molar-refractivity contribution in [2.24, 2.45) is 11.8 Å². The van der Waals surface area contributed by atoms with Gasteiger partial charge in [-0.25, -0.2) is 4.79 Å². The Labute approximate surface area is 284 Å². The molecule has 6 atom stereocenters. The summed E-state index contributed by atoms with van der Waals surface area (Å²) >= 11 is 0. The Kier molecular flexibility index (Phi) is 11.6. The Morgan fingerprint density at radius 3 is 2.48 bits per heavy atom. The highest BCUT2D eigenvalue weighted by Gasteiger charge is 2.47. The van der Waals surface area contributed by atoms with Crippen LogP contribution in [0.2, 0.25) is 0 Å². The molecule has 4 amide bonds. The molecule has 1 aliphatic carbocycles. The predicted octanol–water partition coefficient (Wildman–Crippen LogP) is 3.80. The minimum absolute atomic E-state index is 0.00736. The molecule has 266 valence electrons. The number of fused-ring (bicyclic) bond motifs is 2. The van der Waals surface area contributed by atoms with Crippen molar-refractivity contribution in [2.75, 3.05) is 39.4 Å². The number of hydrogen-bond donors (Lipinski definition) is 3. The topological polar surface area (TPSA) is 141 Å². The molecule has 0 spiro atoms. The number of benzene rings is 1. The number of hydrogen-bond acceptors (Lipinski definition) is 7. The van der Waals surface area contributed by atoms with Gasteiger partial charge in [-0.3, -0.25) is 19.3 Å². The second kappa shape index (κ2) is 15.4. The number of nitrogens with zero attached hydrogens (tertiary/aromatic N) is 3. The number of piperazine rings is 1. The fourth-order valence-electron chi connectivity index (χ4n) is 7.93. The largest absolute Gasteiger partial charge is 0.493 e. The fourth-order valence-corrected chi connectivity index (χ4v) is 7.93. The van der Waals surface area contributed by atoms with Crippen LogP contribution in [0.4, 0.5) is 4.79 Å². The van der Waals surface area contributed by atoms with Crippen LogP contribution in [0.15, 0.2) is 24.3 Å². The van der Waals surface area contributed by atoms with Gasteiger partial charge in [0.05, 0.1) is 24.7 Å². The van der Waals surface area contributed by atoms with Gasteiger partial charge in [0.25, 0.3) is 0 Å². The number of para-hydroxylation sites is 1. The van der Waals surface area contributed by atoms with Crippen LogP contribution in [-0.4, -0.2) is 113 Å². The molecule has 3 N–H and O–H groups in total. The van der Waals surface area contributed by atoms with Crippen LogP contribution >= 0.6 is 0 Å². The molecule has 1 aromatic carbocycles. The molecule has 3 aliphatic heterocycles. The summed E-state index contributed by atoms with van der Waals surface area (Å²) in [6.07, 6.45) is 4.97. The fraction of sp³-hybridized carbons (Fsp3) is 0.722. The van der Waals surface area contributed by atoms with E-state index < -0.39 is 29.6 Å². The minimum atomic E-state index is -1.09. The number of carbonyl (C=O) groups is 4. The summed E-state index contributed by atoms with van der Waals surface area (Å²) in [5, 5.41) is 16.2. The lowest BCUT2D eigenvalue weighted by Gasteiger charge is -2.45. The third-order valence-electron chi connectivity index (χ3n) is 10.6. The predicted molar refractivity (Wildman–Crippen MR) is 180 cm³/mol. The van der Waals surface area contributed by atoms with Gasteiger partial charge in [-0.2, -0.15) is 0 Å². The number of carbonyl (C=O) groups excluding carboxylic acids is 3. The zero-order chi connectivity index (χ0) is 34.6. The standard InChI is InChI=1S/C36H55N5O7/c1-6-47-26-18-25-20-40(29(22-39(25)21-26)33(43)37-28-16-17-48-30-15-11-10-14-27(28)30)34(44)31(24-12-8-7-9-13-24)38-32(42)23(2)19-41(35(45)46)36(3,4)5/h10-11,14-15,23-26,28-29,31H,6-9,12-13,16-22H2,1-5H3,(H,37,43)(H,38,42)(H,45,46)/t23-,25+,26+,28+,29-,31-/m0/s1. The SMILES string of the molecule is CCO[C@@H]1C[C@@H]2CN(C(=O)[C@@H](NC(=O)[C@@H](C)CN(C(=O)O)C(C)(C)C)C3CCCCC3)[C@H](C(=O)N[C@@H]3CCOc4ccccc43)CN2C1. The molecule has 0 radical (unpaired) electrons. The smallest absolute Gasteiger partial charge is 0.407 e. The maximum absolute atomic E-state index is 14.8. The Bertz CT molecular complexity index is 1310. The van der Waals surface area contributed by atoms with Gasteiger partial charge in [0, 0.05) is 56.4 Å². The van der Waals surface area contributed by atoms with Gasteiger partial charge in [0.2, 0.25) is 17.7 Å². The Morgan fingerprint density at radius 2 is 1.79 bits per heavy atom. The molecule has 12 heteroatoms. The second-order valence-electron chi connectivity index (χ2n) is 15.0. The van der Waals surface area contributed by atoms with Crippen molar-refractivity contribution in [1.29, 1.82) is 0 Å². The second-order valence-corrected chi connectivity index (χ2v) is 15.0. The molecule has 4 aliphatic rings. The highest BCUT2D eigenvalue weighted by atomic mass is 16.5. The maximum atomic E-state index is 14.8. The molecule has 5 rings (SSSR count). The van der Waals surface area contributed by atoms with Crippen molar-refractivity contribution in [3.8, 4) is 5.75 Å². The van der Waals surface area contributed by atoms with Crippen molar-refractivity contribution in [1.82, 2.24) is 25.3 Å². The normalized spacial score (nSPS) is 26.0. The molecule has 1 aromatic rings. The highest BCUT2D eigenvalue weighted by molar-refractivity contribution is 5.93. The number of rotatable bonds is 10. The molecular formula is C36H55N5O7. The van der Waals surface area contributed by atoms with E-state index in [9.17, 15) is 24.3 Å². The first-order valence-electron chi connectivity index (χ1n) is 17.9. The molecule has 0 bridgehead atoms. The molecule has 0 unspecified atom stereocenters. The van der Waals surface area contributed by atoms with E-state index in [-0.39, 0.29) is 48.4 Å². The quantitative estimate of drug-likeness (QED) is 0.342. The molecule has 2 saturated heterocycles. The van der Waals surface area contributed by atoms with Crippen LogP contribution in [-0.2, 0) is 19.1 Å². The van der Waals surface area contributed by atoms with E-state index in [4.69, 9.17) is 9.47 Å². The number of ether oxygens (including phenoxy) is 2. The summed E-state index contributed by atoms with van der Waals surface area (Å²) in [6, 6.07) is 5.99. The van der Waals surface area contributed by atoms with Gasteiger partial charge in [-0.15, -0.1) is 0 Å². The van der Waals surface area contributed by atoms with Crippen LogP contribution in [0.1, 0.15) is 91.2 Å². The molecule has 48 heavy (non-hydrogen) atoms. The lowest BCUT2D eigenvalue weighted by atomic mass is 9.82. The Morgan fingerprint density at radius 1 is 1.06 bits per heavy atom. The lowest BCUT2D eigenvalue weighted by Crippen LogP contribution is -2.66. The maximum Gasteiger partial charge on any atom is 0.407 e.